The molecule has 11 heavy (non-hydrogen) atoms. The summed E-state index contributed by atoms with van der Waals surface area (Å²) in [6.07, 6.45) is 1.68. The Morgan fingerprint density at radius 1 is 1.45 bits per heavy atom. The third kappa shape index (κ3) is 1.68. The fraction of sp³-hybridized carbons (Fsp3) is 0.250. The Morgan fingerprint density at radius 2 is 2.18 bits per heavy atom. The number of nitriles is 1. The van der Waals surface area contributed by atoms with Gasteiger partial charge < -0.3 is 4.90 Å². The van der Waals surface area contributed by atoms with Gasteiger partial charge >= 0.3 is 0 Å². The minimum atomic E-state index is 0.454. The SMILES string of the molecule is CN(C)c1ccc(C#N)nc1. The number of aromatic nitrogens is 1. The molecule has 0 saturated carbocycles. The number of rotatable bonds is 1. The molecule has 0 aliphatic carbocycles. The Morgan fingerprint density at radius 3 is 2.55 bits per heavy atom. The number of anilines is 1. The number of hydrogen-bond donors (Lipinski definition) is 0. The molecule has 0 bridgehead atoms. The monoisotopic (exact) mass is 147 g/mol. The molecular weight excluding hydrogens is 138 g/mol. The van der Waals surface area contributed by atoms with Crippen LogP contribution in [0.3, 0.4) is 0 Å². The van der Waals surface area contributed by atoms with E-state index in [0.29, 0.717) is 5.69 Å². The second kappa shape index (κ2) is 3.02. The smallest absolute Gasteiger partial charge is 0.140 e. The summed E-state index contributed by atoms with van der Waals surface area (Å²) in [5.74, 6) is 0. The van der Waals surface area contributed by atoms with Gasteiger partial charge in [-0.3, -0.25) is 0 Å². The highest BCUT2D eigenvalue weighted by molar-refractivity contribution is 5.43. The lowest BCUT2D eigenvalue weighted by Crippen LogP contribution is -2.08. The van der Waals surface area contributed by atoms with Crippen LogP contribution in [0.15, 0.2) is 18.3 Å². The van der Waals surface area contributed by atoms with Crippen molar-refractivity contribution in [3.63, 3.8) is 0 Å². The number of hydrogen-bond acceptors (Lipinski definition) is 3. The van der Waals surface area contributed by atoms with Crippen molar-refractivity contribution in [2.45, 2.75) is 0 Å². The van der Waals surface area contributed by atoms with E-state index in [1.807, 2.05) is 31.1 Å². The Balaban J connectivity index is 2.94. The first-order valence-electron chi connectivity index (χ1n) is 3.27. The average molecular weight is 147 g/mol. The molecule has 3 heteroatoms. The molecule has 0 aromatic carbocycles. The van der Waals surface area contributed by atoms with E-state index in [9.17, 15) is 0 Å². The van der Waals surface area contributed by atoms with Gasteiger partial charge in [-0.1, -0.05) is 0 Å². The molecule has 0 aliphatic rings. The first kappa shape index (κ1) is 7.55. The highest BCUT2D eigenvalue weighted by Crippen LogP contribution is 2.07. The van der Waals surface area contributed by atoms with Gasteiger partial charge in [0, 0.05) is 14.1 Å². The highest BCUT2D eigenvalue weighted by atomic mass is 15.1. The largest absolute Gasteiger partial charge is 0.376 e. The Hall–Kier alpha value is -1.56. The highest BCUT2D eigenvalue weighted by Gasteiger charge is 1.94. The molecule has 0 atom stereocenters. The average Bonchev–Trinajstić information content (AvgIpc) is 2.05. The quantitative estimate of drug-likeness (QED) is 0.595. The summed E-state index contributed by atoms with van der Waals surface area (Å²) in [7, 11) is 3.87. The fourth-order valence-corrected chi connectivity index (χ4v) is 0.717. The minimum Gasteiger partial charge on any atom is -0.376 e. The molecular formula is C8H9N3. The lowest BCUT2D eigenvalue weighted by Gasteiger charge is -2.10. The first-order valence-corrected chi connectivity index (χ1v) is 3.27. The zero-order valence-electron chi connectivity index (χ0n) is 6.57. The molecule has 1 aromatic rings. The van der Waals surface area contributed by atoms with Crippen LogP contribution >= 0.6 is 0 Å². The van der Waals surface area contributed by atoms with Crippen LogP contribution < -0.4 is 4.90 Å². The van der Waals surface area contributed by atoms with Gasteiger partial charge in [-0.05, 0) is 12.1 Å². The Labute approximate surface area is 65.9 Å². The van der Waals surface area contributed by atoms with Crippen molar-refractivity contribution >= 4 is 5.69 Å². The van der Waals surface area contributed by atoms with Crippen LogP contribution in [0.25, 0.3) is 0 Å². The second-order valence-corrected chi connectivity index (χ2v) is 2.41. The molecule has 1 rings (SSSR count). The summed E-state index contributed by atoms with van der Waals surface area (Å²) in [4.78, 5) is 5.85. The van der Waals surface area contributed by atoms with Crippen LogP contribution in [0.4, 0.5) is 5.69 Å². The molecule has 3 nitrogen and oxygen atoms in total. The van der Waals surface area contributed by atoms with Crippen LogP contribution in [0, 0.1) is 11.3 Å². The minimum absolute atomic E-state index is 0.454. The van der Waals surface area contributed by atoms with Crippen LogP contribution in [-0.4, -0.2) is 19.1 Å². The maximum absolute atomic E-state index is 8.44. The van der Waals surface area contributed by atoms with E-state index < -0.39 is 0 Å². The maximum atomic E-state index is 8.44. The summed E-state index contributed by atoms with van der Waals surface area (Å²) in [5.41, 5.74) is 1.46. The predicted octanol–water partition coefficient (Wildman–Crippen LogP) is 1.02. The van der Waals surface area contributed by atoms with E-state index in [2.05, 4.69) is 4.98 Å². The fourth-order valence-electron chi connectivity index (χ4n) is 0.717. The van der Waals surface area contributed by atoms with E-state index in [1.54, 1.807) is 12.3 Å². The summed E-state index contributed by atoms with van der Waals surface area (Å²) in [6, 6.07) is 5.53. The summed E-state index contributed by atoms with van der Waals surface area (Å²) < 4.78 is 0. The third-order valence-electron chi connectivity index (χ3n) is 1.38. The molecule has 0 spiro atoms. The number of pyridine rings is 1. The standard InChI is InChI=1S/C8H9N3/c1-11(2)8-4-3-7(5-9)10-6-8/h3-4,6H,1-2H3. The molecule has 56 valence electrons. The van der Waals surface area contributed by atoms with Gasteiger partial charge in [0.05, 0.1) is 11.9 Å². The van der Waals surface area contributed by atoms with E-state index in [0.717, 1.165) is 5.69 Å². The van der Waals surface area contributed by atoms with Gasteiger partial charge in [-0.2, -0.15) is 5.26 Å². The van der Waals surface area contributed by atoms with Crippen molar-refractivity contribution in [1.29, 1.82) is 5.26 Å². The van der Waals surface area contributed by atoms with Gasteiger partial charge in [0.25, 0.3) is 0 Å². The van der Waals surface area contributed by atoms with Crippen molar-refractivity contribution < 1.29 is 0 Å². The van der Waals surface area contributed by atoms with Crippen molar-refractivity contribution in [2.24, 2.45) is 0 Å². The Kier molecular flexibility index (Phi) is 2.07. The van der Waals surface area contributed by atoms with Gasteiger partial charge in [0.1, 0.15) is 11.8 Å². The molecule has 0 N–H and O–H groups in total. The molecule has 1 aromatic heterocycles. The van der Waals surface area contributed by atoms with Crippen LogP contribution in [0.5, 0.6) is 0 Å². The van der Waals surface area contributed by atoms with Gasteiger partial charge in [-0.25, -0.2) is 4.98 Å². The van der Waals surface area contributed by atoms with Crippen LogP contribution in [0.1, 0.15) is 5.69 Å². The molecule has 0 amide bonds. The molecule has 0 unspecified atom stereocenters. The van der Waals surface area contributed by atoms with E-state index in [1.165, 1.54) is 0 Å². The van der Waals surface area contributed by atoms with Crippen LogP contribution in [-0.2, 0) is 0 Å². The van der Waals surface area contributed by atoms with E-state index in [-0.39, 0.29) is 0 Å². The summed E-state index contributed by atoms with van der Waals surface area (Å²) in [6.45, 7) is 0. The van der Waals surface area contributed by atoms with Crippen molar-refractivity contribution in [3.8, 4) is 6.07 Å². The van der Waals surface area contributed by atoms with Crippen molar-refractivity contribution in [3.05, 3.63) is 24.0 Å². The molecule has 0 fully saturated rings. The molecule has 1 heterocycles. The third-order valence-corrected chi connectivity index (χ3v) is 1.38. The van der Waals surface area contributed by atoms with Crippen LogP contribution in [0.2, 0.25) is 0 Å². The van der Waals surface area contributed by atoms with E-state index in [4.69, 9.17) is 5.26 Å². The Bertz CT molecular complexity index is 268. The molecule has 0 radical (unpaired) electrons. The zero-order valence-corrected chi connectivity index (χ0v) is 6.57. The topological polar surface area (TPSA) is 39.9 Å². The maximum Gasteiger partial charge on any atom is 0.140 e. The normalized spacial score (nSPS) is 8.82. The first-order chi connectivity index (χ1) is 5.24. The summed E-state index contributed by atoms with van der Waals surface area (Å²) in [5, 5.41) is 8.44. The molecule has 0 aliphatic heterocycles. The van der Waals surface area contributed by atoms with Gasteiger partial charge in [-0.15, -0.1) is 0 Å². The lowest BCUT2D eigenvalue weighted by atomic mass is 10.3. The zero-order chi connectivity index (χ0) is 8.27. The number of nitrogens with zero attached hydrogens (tertiary/aromatic N) is 3. The van der Waals surface area contributed by atoms with Gasteiger partial charge in [0.15, 0.2) is 0 Å². The second-order valence-electron chi connectivity index (χ2n) is 2.41. The molecule has 0 saturated heterocycles. The lowest BCUT2D eigenvalue weighted by molar-refractivity contribution is 1.10. The van der Waals surface area contributed by atoms with Gasteiger partial charge in [0.2, 0.25) is 0 Å². The predicted molar refractivity (Wildman–Crippen MR) is 43.3 cm³/mol. The van der Waals surface area contributed by atoms with Crippen molar-refractivity contribution in [1.82, 2.24) is 4.98 Å². The summed E-state index contributed by atoms with van der Waals surface area (Å²) >= 11 is 0. The van der Waals surface area contributed by atoms with Crippen molar-refractivity contribution in [2.75, 3.05) is 19.0 Å². The van der Waals surface area contributed by atoms with E-state index >= 15 is 0 Å².